The van der Waals surface area contributed by atoms with Gasteiger partial charge in [0.25, 0.3) is 11.8 Å². The van der Waals surface area contributed by atoms with Crippen LogP contribution in [0.25, 0.3) is 10.8 Å². The monoisotopic (exact) mass is 407 g/mol. The lowest BCUT2D eigenvalue weighted by atomic mass is 9.89. The summed E-state index contributed by atoms with van der Waals surface area (Å²) in [5.41, 5.74) is 4.08. The van der Waals surface area contributed by atoms with Crippen LogP contribution in [0.15, 0.2) is 54.6 Å². The Morgan fingerprint density at radius 1 is 0.897 bits per heavy atom. The van der Waals surface area contributed by atoms with E-state index in [0.29, 0.717) is 16.8 Å². The van der Waals surface area contributed by atoms with E-state index in [1.165, 1.54) is 4.90 Å². The maximum Gasteiger partial charge on any atom is 0.266 e. The molecule has 0 fully saturated rings. The lowest BCUT2D eigenvalue weighted by Crippen LogP contribution is -3.00. The normalized spacial score (nSPS) is 17.2. The number of fused-ring (bicyclic) bond motifs is 2. The largest absolute Gasteiger partial charge is 1.00 e. The molecule has 5 nitrogen and oxygen atoms in total. The number of rotatable bonds is 1. The fraction of sp³-hybridized carbons (Fsp3) is 0.217. The molecule has 0 saturated heterocycles. The number of benzene rings is 3. The highest BCUT2D eigenvalue weighted by atomic mass is 35.5. The summed E-state index contributed by atoms with van der Waals surface area (Å²) in [5, 5.41) is 1.77. The van der Waals surface area contributed by atoms with Gasteiger partial charge in [0, 0.05) is 34.5 Å². The molecule has 2 amide bonds. The van der Waals surface area contributed by atoms with Gasteiger partial charge >= 0.3 is 0 Å². The summed E-state index contributed by atoms with van der Waals surface area (Å²) in [6.07, 6.45) is 0. The average Bonchev–Trinajstić information content (AvgIpc) is 2.65. The molecule has 0 aliphatic carbocycles. The second-order valence-corrected chi connectivity index (χ2v) is 8.37. The number of amides is 2. The Kier molecular flexibility index (Phi) is 4.41. The molecule has 29 heavy (non-hydrogen) atoms. The van der Waals surface area contributed by atoms with Gasteiger partial charge in [-0.2, -0.15) is 0 Å². The molecular formula is C23H22ClN3O2. The Hall–Kier alpha value is -2.89. The number of carbonyl (C=O) groups excluding carboxylic acids is 2. The SMILES string of the molecule is CN1C[N+](C)(C)Cc2cc3c4c(cccc4c21)C(=O)N(c1ccccc1)C3=O.[Cl-]. The van der Waals surface area contributed by atoms with E-state index in [0.717, 1.165) is 39.7 Å². The lowest BCUT2D eigenvalue weighted by molar-refractivity contribution is -0.904. The third-order valence-corrected chi connectivity index (χ3v) is 5.67. The third kappa shape index (κ3) is 2.81. The van der Waals surface area contributed by atoms with Gasteiger partial charge in [0.05, 0.1) is 25.5 Å². The van der Waals surface area contributed by atoms with E-state index in [-0.39, 0.29) is 24.2 Å². The van der Waals surface area contributed by atoms with Crippen LogP contribution in [0.1, 0.15) is 26.3 Å². The van der Waals surface area contributed by atoms with Crippen LogP contribution >= 0.6 is 0 Å². The van der Waals surface area contributed by atoms with E-state index >= 15 is 0 Å². The first-order valence-electron chi connectivity index (χ1n) is 9.43. The topological polar surface area (TPSA) is 40.6 Å². The Morgan fingerprint density at radius 3 is 2.31 bits per heavy atom. The number of carbonyl (C=O) groups is 2. The predicted molar refractivity (Wildman–Crippen MR) is 111 cm³/mol. The minimum absolute atomic E-state index is 0. The Balaban J connectivity index is 0.00000205. The number of hydrogen-bond acceptors (Lipinski definition) is 3. The molecule has 2 aliphatic rings. The van der Waals surface area contributed by atoms with Crippen LogP contribution in [-0.2, 0) is 6.54 Å². The van der Waals surface area contributed by atoms with Gasteiger partial charge in [0.15, 0.2) is 6.67 Å². The van der Waals surface area contributed by atoms with Crippen LogP contribution in [0.4, 0.5) is 11.4 Å². The standard InChI is InChI=1S/C23H22N3O2.ClH/c1-24-14-26(2,3)13-15-12-19-20-17(21(15)24)10-7-11-18(20)22(27)25(23(19)28)16-8-5-4-6-9-16;/h4-12H,13-14H2,1-3H3;1H/q+1;/p-1. The first-order valence-corrected chi connectivity index (χ1v) is 9.43. The number of imide groups is 1. The van der Waals surface area contributed by atoms with Crippen LogP contribution in [0.2, 0.25) is 0 Å². The molecule has 3 aromatic carbocycles. The number of quaternary nitrogens is 1. The van der Waals surface area contributed by atoms with Gasteiger partial charge in [-0.25, -0.2) is 4.90 Å². The Labute approximate surface area is 176 Å². The molecule has 0 unspecified atom stereocenters. The van der Waals surface area contributed by atoms with Crippen LogP contribution in [0.3, 0.4) is 0 Å². The van der Waals surface area contributed by atoms with Crippen molar-refractivity contribution in [2.75, 3.05) is 37.6 Å². The Morgan fingerprint density at radius 2 is 1.59 bits per heavy atom. The van der Waals surface area contributed by atoms with Gasteiger partial charge < -0.3 is 21.8 Å². The zero-order valence-electron chi connectivity index (χ0n) is 16.6. The molecule has 0 radical (unpaired) electrons. The maximum absolute atomic E-state index is 13.4. The van der Waals surface area contributed by atoms with Gasteiger partial charge in [0.1, 0.15) is 6.54 Å². The van der Waals surface area contributed by atoms with Crippen molar-refractivity contribution in [3.05, 3.63) is 71.3 Å². The molecule has 148 valence electrons. The molecule has 6 heteroatoms. The number of hydrogen-bond donors (Lipinski definition) is 0. The van der Waals surface area contributed by atoms with Crippen molar-refractivity contribution in [1.29, 1.82) is 0 Å². The van der Waals surface area contributed by atoms with E-state index in [9.17, 15) is 9.59 Å². The summed E-state index contributed by atoms with van der Waals surface area (Å²) < 4.78 is 0.823. The zero-order chi connectivity index (χ0) is 19.6. The quantitative estimate of drug-likeness (QED) is 0.439. The molecule has 0 bridgehead atoms. The number of anilines is 2. The summed E-state index contributed by atoms with van der Waals surface area (Å²) >= 11 is 0. The van der Waals surface area contributed by atoms with Crippen LogP contribution in [0.5, 0.6) is 0 Å². The van der Waals surface area contributed by atoms with Crippen molar-refractivity contribution in [3.63, 3.8) is 0 Å². The fourth-order valence-electron chi connectivity index (χ4n) is 4.75. The number of nitrogens with zero attached hydrogens (tertiary/aromatic N) is 3. The van der Waals surface area contributed by atoms with Gasteiger partial charge in [0.2, 0.25) is 0 Å². The molecule has 3 aromatic rings. The van der Waals surface area contributed by atoms with Crippen molar-refractivity contribution >= 4 is 34.0 Å². The summed E-state index contributed by atoms with van der Waals surface area (Å²) in [7, 11) is 6.45. The highest BCUT2D eigenvalue weighted by Gasteiger charge is 2.38. The maximum atomic E-state index is 13.4. The van der Waals surface area contributed by atoms with E-state index in [1.807, 2.05) is 42.5 Å². The first kappa shape index (κ1) is 19.4. The molecule has 2 aliphatic heterocycles. The van der Waals surface area contributed by atoms with Crippen LogP contribution in [-0.4, -0.2) is 44.1 Å². The lowest BCUT2D eigenvalue weighted by Gasteiger charge is -2.41. The Bertz CT molecular complexity index is 1160. The predicted octanol–water partition coefficient (Wildman–Crippen LogP) is 0.628. The molecule has 5 rings (SSSR count). The van der Waals surface area contributed by atoms with Crippen LogP contribution < -0.4 is 22.2 Å². The molecule has 2 heterocycles. The molecule has 0 N–H and O–H groups in total. The van der Waals surface area contributed by atoms with Gasteiger partial charge in [-0.15, -0.1) is 0 Å². The van der Waals surface area contributed by atoms with E-state index in [4.69, 9.17) is 0 Å². The van der Waals surface area contributed by atoms with E-state index in [1.54, 1.807) is 12.1 Å². The van der Waals surface area contributed by atoms with Crippen molar-refractivity contribution in [2.45, 2.75) is 6.54 Å². The second kappa shape index (κ2) is 6.58. The average molecular weight is 408 g/mol. The van der Waals surface area contributed by atoms with Crippen LogP contribution in [0, 0.1) is 0 Å². The van der Waals surface area contributed by atoms with Gasteiger partial charge in [-0.1, -0.05) is 30.3 Å². The van der Waals surface area contributed by atoms with Crippen molar-refractivity contribution < 1.29 is 26.5 Å². The van der Waals surface area contributed by atoms with E-state index < -0.39 is 0 Å². The summed E-state index contributed by atoms with van der Waals surface area (Å²) in [6.45, 7) is 1.73. The molecule has 0 aromatic heterocycles. The minimum Gasteiger partial charge on any atom is -1.00 e. The number of para-hydroxylation sites is 1. The third-order valence-electron chi connectivity index (χ3n) is 5.67. The summed E-state index contributed by atoms with van der Waals surface area (Å²) in [6, 6.07) is 16.9. The summed E-state index contributed by atoms with van der Waals surface area (Å²) in [5.74, 6) is -0.509. The highest BCUT2D eigenvalue weighted by Crippen LogP contribution is 2.41. The van der Waals surface area contributed by atoms with Crippen molar-refractivity contribution in [3.8, 4) is 0 Å². The molecule has 0 saturated carbocycles. The smallest absolute Gasteiger partial charge is 0.266 e. The van der Waals surface area contributed by atoms with Crippen molar-refractivity contribution in [2.24, 2.45) is 0 Å². The number of halogens is 1. The summed E-state index contributed by atoms with van der Waals surface area (Å²) in [4.78, 5) is 30.2. The zero-order valence-corrected chi connectivity index (χ0v) is 17.4. The van der Waals surface area contributed by atoms with E-state index in [2.05, 4.69) is 26.0 Å². The van der Waals surface area contributed by atoms with Crippen molar-refractivity contribution in [1.82, 2.24) is 0 Å². The van der Waals surface area contributed by atoms with Gasteiger partial charge in [-0.3, -0.25) is 9.59 Å². The molecule has 0 spiro atoms. The second-order valence-electron chi connectivity index (χ2n) is 8.37. The fourth-order valence-corrected chi connectivity index (χ4v) is 4.75. The molecular weight excluding hydrogens is 386 g/mol. The van der Waals surface area contributed by atoms with Gasteiger partial charge in [-0.05, 0) is 24.3 Å². The molecule has 0 atom stereocenters. The highest BCUT2D eigenvalue weighted by molar-refractivity contribution is 6.36. The first-order chi connectivity index (χ1) is 13.4. The minimum atomic E-state index is -0.260.